The second-order valence-electron chi connectivity index (χ2n) is 5.41. The lowest BCUT2D eigenvalue weighted by atomic mass is 9.74. The lowest BCUT2D eigenvalue weighted by Crippen LogP contribution is -2.48. The maximum absolute atomic E-state index is 11.7. The average Bonchev–Trinajstić information content (AvgIpc) is 2.46. The van der Waals surface area contributed by atoms with E-state index in [1.54, 1.807) is 6.92 Å². The van der Waals surface area contributed by atoms with Crippen LogP contribution in [0.5, 0.6) is 0 Å². The standard InChI is InChI=1S/C15H21BrN2O2.ClH/c1-11(17)14(19)18-10-15(6-8-20-9-7-15)12-2-4-13(16)5-3-12;/h2-5,11H,6-10,17H2,1H3,(H,18,19);1H/t11-;/m0./s1. The molecule has 118 valence electrons. The number of ether oxygens (including phenoxy) is 1. The fourth-order valence-electron chi connectivity index (χ4n) is 2.55. The maximum Gasteiger partial charge on any atom is 0.236 e. The normalized spacial score (nSPS) is 18.4. The molecule has 0 unspecified atom stereocenters. The van der Waals surface area contributed by atoms with Crippen LogP contribution in [0.25, 0.3) is 0 Å². The Balaban J connectivity index is 0.00000220. The number of hydrogen-bond acceptors (Lipinski definition) is 3. The summed E-state index contributed by atoms with van der Waals surface area (Å²) in [7, 11) is 0. The van der Waals surface area contributed by atoms with Gasteiger partial charge in [-0.15, -0.1) is 12.4 Å². The van der Waals surface area contributed by atoms with Crippen LogP contribution in [0, 0.1) is 0 Å². The van der Waals surface area contributed by atoms with Crippen molar-refractivity contribution in [3.8, 4) is 0 Å². The van der Waals surface area contributed by atoms with Gasteiger partial charge < -0.3 is 15.8 Å². The molecule has 0 radical (unpaired) electrons. The van der Waals surface area contributed by atoms with E-state index >= 15 is 0 Å². The number of rotatable bonds is 4. The predicted molar refractivity (Wildman–Crippen MR) is 89.8 cm³/mol. The predicted octanol–water partition coefficient (Wildman–Crippen LogP) is 2.38. The number of hydrogen-bond donors (Lipinski definition) is 2. The highest BCUT2D eigenvalue weighted by molar-refractivity contribution is 9.10. The van der Waals surface area contributed by atoms with Gasteiger partial charge in [0, 0.05) is 29.6 Å². The molecule has 1 aromatic carbocycles. The molecule has 1 aromatic rings. The van der Waals surface area contributed by atoms with Crippen LogP contribution in [0.1, 0.15) is 25.3 Å². The third-order valence-corrected chi connectivity index (χ3v) is 4.45. The second kappa shape index (κ2) is 8.13. The van der Waals surface area contributed by atoms with Crippen LogP contribution in [0.15, 0.2) is 28.7 Å². The molecule has 0 aliphatic carbocycles. The van der Waals surface area contributed by atoms with E-state index in [2.05, 4.69) is 33.4 Å². The van der Waals surface area contributed by atoms with Crippen molar-refractivity contribution in [3.05, 3.63) is 34.3 Å². The molecule has 1 fully saturated rings. The molecule has 6 heteroatoms. The number of nitrogens with one attached hydrogen (secondary N) is 1. The molecule has 1 saturated heterocycles. The molecule has 0 aromatic heterocycles. The molecule has 4 nitrogen and oxygen atoms in total. The van der Waals surface area contributed by atoms with Crippen molar-refractivity contribution < 1.29 is 9.53 Å². The van der Waals surface area contributed by atoms with Crippen LogP contribution in [0.3, 0.4) is 0 Å². The van der Waals surface area contributed by atoms with Crippen LogP contribution in [0.4, 0.5) is 0 Å². The maximum atomic E-state index is 11.7. The van der Waals surface area contributed by atoms with Crippen LogP contribution >= 0.6 is 28.3 Å². The number of carbonyl (C=O) groups is 1. The smallest absolute Gasteiger partial charge is 0.236 e. The molecule has 1 atom stereocenters. The summed E-state index contributed by atoms with van der Waals surface area (Å²) >= 11 is 3.46. The summed E-state index contributed by atoms with van der Waals surface area (Å²) < 4.78 is 6.54. The molecule has 2 rings (SSSR count). The van der Waals surface area contributed by atoms with Gasteiger partial charge in [-0.1, -0.05) is 28.1 Å². The van der Waals surface area contributed by atoms with Gasteiger partial charge in [0.2, 0.25) is 5.91 Å². The Labute approximate surface area is 140 Å². The molecule has 1 aliphatic rings. The first-order valence-electron chi connectivity index (χ1n) is 6.91. The van der Waals surface area contributed by atoms with Gasteiger partial charge in [0.1, 0.15) is 0 Å². The second-order valence-corrected chi connectivity index (χ2v) is 6.32. The number of carbonyl (C=O) groups excluding carboxylic acids is 1. The quantitative estimate of drug-likeness (QED) is 0.847. The van der Waals surface area contributed by atoms with Crippen molar-refractivity contribution in [2.45, 2.75) is 31.2 Å². The minimum Gasteiger partial charge on any atom is -0.381 e. The zero-order valence-corrected chi connectivity index (χ0v) is 14.5. The summed E-state index contributed by atoms with van der Waals surface area (Å²) in [5.74, 6) is -0.104. The summed E-state index contributed by atoms with van der Waals surface area (Å²) in [6.07, 6.45) is 1.82. The first-order chi connectivity index (χ1) is 9.53. The zero-order valence-electron chi connectivity index (χ0n) is 12.1. The summed E-state index contributed by atoms with van der Waals surface area (Å²) in [5.41, 5.74) is 6.80. The van der Waals surface area contributed by atoms with Crippen molar-refractivity contribution in [2.75, 3.05) is 19.8 Å². The van der Waals surface area contributed by atoms with Crippen molar-refractivity contribution in [1.29, 1.82) is 0 Å². The first-order valence-corrected chi connectivity index (χ1v) is 7.70. The molecule has 1 heterocycles. The number of halogens is 2. The summed E-state index contributed by atoms with van der Waals surface area (Å²) in [6.45, 7) is 3.76. The van der Waals surface area contributed by atoms with Crippen LogP contribution < -0.4 is 11.1 Å². The molecule has 0 saturated carbocycles. The molecule has 21 heavy (non-hydrogen) atoms. The van der Waals surface area contributed by atoms with Gasteiger partial charge in [0.15, 0.2) is 0 Å². The van der Waals surface area contributed by atoms with E-state index in [0.29, 0.717) is 6.54 Å². The summed E-state index contributed by atoms with van der Waals surface area (Å²) in [6, 6.07) is 7.84. The highest BCUT2D eigenvalue weighted by Crippen LogP contribution is 2.34. The monoisotopic (exact) mass is 376 g/mol. The Kier molecular flexibility index (Phi) is 7.13. The van der Waals surface area contributed by atoms with Gasteiger partial charge in [-0.25, -0.2) is 0 Å². The number of amides is 1. The summed E-state index contributed by atoms with van der Waals surface area (Å²) in [4.78, 5) is 11.7. The van der Waals surface area contributed by atoms with Gasteiger partial charge in [0.25, 0.3) is 0 Å². The lowest BCUT2D eigenvalue weighted by Gasteiger charge is -2.38. The first kappa shape index (κ1) is 18.4. The Morgan fingerprint density at radius 3 is 2.48 bits per heavy atom. The molecule has 1 aliphatic heterocycles. The third kappa shape index (κ3) is 4.68. The topological polar surface area (TPSA) is 64.4 Å². The van der Waals surface area contributed by atoms with Crippen LogP contribution in [0.2, 0.25) is 0 Å². The van der Waals surface area contributed by atoms with Gasteiger partial charge >= 0.3 is 0 Å². The Hall–Kier alpha value is -0.620. The molecule has 1 amide bonds. The minimum absolute atomic E-state index is 0. The van der Waals surface area contributed by atoms with E-state index in [9.17, 15) is 4.79 Å². The molecular weight excluding hydrogens is 356 g/mol. The van der Waals surface area contributed by atoms with Crippen LogP contribution in [-0.4, -0.2) is 31.7 Å². The largest absolute Gasteiger partial charge is 0.381 e. The van der Waals surface area contributed by atoms with E-state index < -0.39 is 6.04 Å². The zero-order chi connectivity index (χ0) is 14.6. The van der Waals surface area contributed by atoms with E-state index in [4.69, 9.17) is 10.5 Å². The van der Waals surface area contributed by atoms with E-state index in [0.717, 1.165) is 30.5 Å². The fraction of sp³-hybridized carbons (Fsp3) is 0.533. The van der Waals surface area contributed by atoms with Gasteiger partial charge in [-0.05, 0) is 37.5 Å². The Morgan fingerprint density at radius 1 is 1.38 bits per heavy atom. The SMILES string of the molecule is C[C@H](N)C(=O)NCC1(c2ccc(Br)cc2)CCOCC1.Cl. The van der Waals surface area contributed by atoms with Crippen molar-refractivity contribution in [1.82, 2.24) is 5.32 Å². The van der Waals surface area contributed by atoms with Gasteiger partial charge in [-0.3, -0.25) is 4.79 Å². The average molecular weight is 378 g/mol. The molecule has 0 bridgehead atoms. The number of benzene rings is 1. The van der Waals surface area contributed by atoms with Crippen molar-refractivity contribution in [2.24, 2.45) is 5.73 Å². The van der Waals surface area contributed by atoms with Gasteiger partial charge in [-0.2, -0.15) is 0 Å². The summed E-state index contributed by atoms with van der Waals surface area (Å²) in [5, 5.41) is 2.97. The molecular formula is C15H22BrClN2O2. The van der Waals surface area contributed by atoms with Gasteiger partial charge in [0.05, 0.1) is 6.04 Å². The molecule has 0 spiro atoms. The highest BCUT2D eigenvalue weighted by atomic mass is 79.9. The fourth-order valence-corrected chi connectivity index (χ4v) is 2.81. The highest BCUT2D eigenvalue weighted by Gasteiger charge is 2.34. The molecule has 3 N–H and O–H groups in total. The number of nitrogens with two attached hydrogens (primary N) is 1. The van der Waals surface area contributed by atoms with Crippen molar-refractivity contribution >= 4 is 34.2 Å². The van der Waals surface area contributed by atoms with Crippen molar-refractivity contribution in [3.63, 3.8) is 0 Å². The Bertz CT molecular complexity index is 459. The lowest BCUT2D eigenvalue weighted by molar-refractivity contribution is -0.122. The minimum atomic E-state index is -0.475. The Morgan fingerprint density at radius 2 is 1.95 bits per heavy atom. The van der Waals surface area contributed by atoms with Crippen LogP contribution in [-0.2, 0) is 14.9 Å². The van der Waals surface area contributed by atoms with E-state index in [-0.39, 0.29) is 23.7 Å². The van der Waals surface area contributed by atoms with E-state index in [1.165, 1.54) is 5.56 Å². The van der Waals surface area contributed by atoms with E-state index in [1.807, 2.05) is 12.1 Å². The third-order valence-electron chi connectivity index (χ3n) is 3.92.